The highest BCUT2D eigenvalue weighted by Crippen LogP contribution is 2.30. The van der Waals surface area contributed by atoms with Crippen LogP contribution in [0.2, 0.25) is 0 Å². The lowest BCUT2D eigenvalue weighted by atomic mass is 10.2. The first kappa shape index (κ1) is 14.0. The SMILES string of the molecule is C=C(C)Cn1c(=S)[nH]c2sc(-c3ccccc3)cc2c1=O. The molecule has 0 amide bonds. The van der Waals surface area contributed by atoms with Crippen LogP contribution in [0, 0.1) is 4.77 Å². The van der Waals surface area contributed by atoms with Crippen LogP contribution in [-0.4, -0.2) is 9.55 Å². The van der Waals surface area contributed by atoms with E-state index in [1.54, 1.807) is 15.9 Å². The quantitative estimate of drug-likeness (QED) is 0.576. The van der Waals surface area contributed by atoms with Crippen LogP contribution >= 0.6 is 23.6 Å². The molecule has 0 aliphatic rings. The molecule has 3 rings (SSSR count). The van der Waals surface area contributed by atoms with Gasteiger partial charge in [-0.05, 0) is 30.8 Å². The van der Waals surface area contributed by atoms with E-state index < -0.39 is 0 Å². The van der Waals surface area contributed by atoms with Gasteiger partial charge in [-0.3, -0.25) is 9.36 Å². The Morgan fingerprint density at radius 2 is 2.10 bits per heavy atom. The minimum Gasteiger partial charge on any atom is -0.323 e. The minimum absolute atomic E-state index is 0.0600. The molecule has 2 aromatic heterocycles. The van der Waals surface area contributed by atoms with Crippen LogP contribution in [-0.2, 0) is 6.54 Å². The Kier molecular flexibility index (Phi) is 3.61. The Morgan fingerprint density at radius 1 is 1.38 bits per heavy atom. The fraction of sp³-hybridized carbons (Fsp3) is 0.125. The molecule has 0 spiro atoms. The molecule has 21 heavy (non-hydrogen) atoms. The highest BCUT2D eigenvalue weighted by molar-refractivity contribution is 7.71. The molecular formula is C16H14N2OS2. The zero-order chi connectivity index (χ0) is 15.0. The summed E-state index contributed by atoms with van der Waals surface area (Å²) in [6.45, 7) is 6.18. The number of hydrogen-bond acceptors (Lipinski definition) is 3. The monoisotopic (exact) mass is 314 g/mol. The number of thiophene rings is 1. The molecule has 106 valence electrons. The molecule has 0 saturated heterocycles. The number of allylic oxidation sites excluding steroid dienone is 1. The smallest absolute Gasteiger partial charge is 0.263 e. The second kappa shape index (κ2) is 5.42. The van der Waals surface area contributed by atoms with Crippen molar-refractivity contribution in [2.45, 2.75) is 13.5 Å². The molecule has 1 N–H and O–H groups in total. The van der Waals surface area contributed by atoms with Crippen molar-refractivity contribution in [3.63, 3.8) is 0 Å². The van der Waals surface area contributed by atoms with Gasteiger partial charge >= 0.3 is 0 Å². The Labute approximate surface area is 131 Å². The van der Waals surface area contributed by atoms with Crippen LogP contribution in [0.25, 0.3) is 20.7 Å². The van der Waals surface area contributed by atoms with Crippen molar-refractivity contribution in [3.8, 4) is 10.4 Å². The standard InChI is InChI=1S/C16H14N2OS2/c1-10(2)9-18-15(19)12-8-13(11-6-4-3-5-7-11)21-14(12)17-16(18)20/h3-8H,1,9H2,2H3,(H,17,20). The number of aromatic amines is 1. The van der Waals surface area contributed by atoms with Gasteiger partial charge in [0.1, 0.15) is 4.83 Å². The fourth-order valence-corrected chi connectivity index (χ4v) is 3.57. The summed E-state index contributed by atoms with van der Waals surface area (Å²) in [4.78, 5) is 17.6. The summed E-state index contributed by atoms with van der Waals surface area (Å²) < 4.78 is 2.00. The Morgan fingerprint density at radius 3 is 2.76 bits per heavy atom. The van der Waals surface area contributed by atoms with E-state index in [1.165, 1.54) is 0 Å². The lowest BCUT2D eigenvalue weighted by molar-refractivity contribution is 0.726. The van der Waals surface area contributed by atoms with Crippen LogP contribution in [0.1, 0.15) is 6.92 Å². The summed E-state index contributed by atoms with van der Waals surface area (Å²) in [5.74, 6) is 0. The van der Waals surface area contributed by atoms with Gasteiger partial charge in [-0.1, -0.05) is 42.5 Å². The zero-order valence-electron chi connectivity index (χ0n) is 11.6. The number of benzene rings is 1. The molecule has 1 aromatic carbocycles. The Bertz CT molecular complexity index is 932. The first-order valence-electron chi connectivity index (χ1n) is 6.53. The normalized spacial score (nSPS) is 10.9. The number of nitrogens with one attached hydrogen (secondary N) is 1. The third kappa shape index (κ3) is 2.62. The van der Waals surface area contributed by atoms with E-state index in [0.29, 0.717) is 16.7 Å². The van der Waals surface area contributed by atoms with E-state index in [2.05, 4.69) is 11.6 Å². The number of aromatic nitrogens is 2. The largest absolute Gasteiger partial charge is 0.323 e. The molecule has 0 atom stereocenters. The maximum atomic E-state index is 12.6. The molecule has 0 bridgehead atoms. The molecule has 5 heteroatoms. The Balaban J connectivity index is 2.23. The van der Waals surface area contributed by atoms with E-state index in [1.807, 2.05) is 43.3 Å². The van der Waals surface area contributed by atoms with Crippen molar-refractivity contribution < 1.29 is 0 Å². The Hall–Kier alpha value is -1.98. The van der Waals surface area contributed by atoms with Gasteiger partial charge in [-0.2, -0.15) is 0 Å². The summed E-state index contributed by atoms with van der Waals surface area (Å²) in [5.41, 5.74) is 1.94. The van der Waals surface area contributed by atoms with Crippen LogP contribution < -0.4 is 5.56 Å². The van der Waals surface area contributed by atoms with Crippen molar-refractivity contribution in [1.82, 2.24) is 9.55 Å². The number of H-pyrrole nitrogens is 1. The maximum absolute atomic E-state index is 12.6. The minimum atomic E-state index is -0.0600. The zero-order valence-corrected chi connectivity index (χ0v) is 13.2. The number of rotatable bonds is 3. The molecule has 3 nitrogen and oxygen atoms in total. The van der Waals surface area contributed by atoms with E-state index in [9.17, 15) is 4.79 Å². The second-order valence-electron chi connectivity index (χ2n) is 5.00. The predicted octanol–water partition coefficient (Wildman–Crippen LogP) is 4.36. The topological polar surface area (TPSA) is 37.8 Å². The molecule has 0 aliphatic heterocycles. The first-order chi connectivity index (χ1) is 10.1. The summed E-state index contributed by atoms with van der Waals surface area (Å²) in [5, 5.41) is 0.675. The van der Waals surface area contributed by atoms with Gasteiger partial charge in [0.15, 0.2) is 4.77 Å². The molecule has 0 aliphatic carbocycles. The third-order valence-electron chi connectivity index (χ3n) is 3.16. The summed E-state index contributed by atoms with van der Waals surface area (Å²) in [7, 11) is 0. The molecule has 2 heterocycles. The summed E-state index contributed by atoms with van der Waals surface area (Å²) in [6, 6.07) is 11.9. The summed E-state index contributed by atoms with van der Waals surface area (Å²) >= 11 is 6.83. The van der Waals surface area contributed by atoms with Crippen LogP contribution in [0.4, 0.5) is 0 Å². The van der Waals surface area contributed by atoms with E-state index in [4.69, 9.17) is 12.2 Å². The number of fused-ring (bicyclic) bond motifs is 1. The van der Waals surface area contributed by atoms with Gasteiger partial charge < -0.3 is 4.98 Å². The average molecular weight is 314 g/mol. The van der Waals surface area contributed by atoms with E-state index in [-0.39, 0.29) is 5.56 Å². The van der Waals surface area contributed by atoms with Crippen LogP contribution in [0.5, 0.6) is 0 Å². The van der Waals surface area contributed by atoms with Crippen molar-refractivity contribution in [2.24, 2.45) is 0 Å². The molecule has 0 unspecified atom stereocenters. The highest BCUT2D eigenvalue weighted by atomic mass is 32.1. The van der Waals surface area contributed by atoms with Gasteiger partial charge in [0.25, 0.3) is 5.56 Å². The van der Waals surface area contributed by atoms with Gasteiger partial charge in [0.05, 0.1) is 5.39 Å². The second-order valence-corrected chi connectivity index (χ2v) is 6.44. The number of hydrogen-bond donors (Lipinski definition) is 1. The lowest BCUT2D eigenvalue weighted by Gasteiger charge is -2.05. The molecule has 0 radical (unpaired) electrons. The third-order valence-corrected chi connectivity index (χ3v) is 4.58. The first-order valence-corrected chi connectivity index (χ1v) is 7.75. The van der Waals surface area contributed by atoms with E-state index >= 15 is 0 Å². The predicted molar refractivity (Wildman–Crippen MR) is 91.5 cm³/mol. The van der Waals surface area contributed by atoms with Crippen molar-refractivity contribution in [3.05, 3.63) is 63.7 Å². The lowest BCUT2D eigenvalue weighted by Crippen LogP contribution is -2.21. The summed E-state index contributed by atoms with van der Waals surface area (Å²) in [6.07, 6.45) is 0. The van der Waals surface area contributed by atoms with E-state index in [0.717, 1.165) is 20.8 Å². The molecule has 0 fully saturated rings. The van der Waals surface area contributed by atoms with Gasteiger partial charge in [-0.15, -0.1) is 11.3 Å². The molecule has 0 saturated carbocycles. The molecular weight excluding hydrogens is 300 g/mol. The van der Waals surface area contributed by atoms with Gasteiger partial charge in [0.2, 0.25) is 0 Å². The van der Waals surface area contributed by atoms with Crippen LogP contribution in [0.3, 0.4) is 0 Å². The van der Waals surface area contributed by atoms with Crippen molar-refractivity contribution in [1.29, 1.82) is 0 Å². The fourth-order valence-electron chi connectivity index (χ4n) is 2.20. The van der Waals surface area contributed by atoms with Gasteiger partial charge in [0, 0.05) is 11.4 Å². The van der Waals surface area contributed by atoms with Crippen molar-refractivity contribution in [2.75, 3.05) is 0 Å². The van der Waals surface area contributed by atoms with Crippen molar-refractivity contribution >= 4 is 33.8 Å². The van der Waals surface area contributed by atoms with Crippen LogP contribution in [0.15, 0.2) is 53.3 Å². The maximum Gasteiger partial charge on any atom is 0.263 e. The van der Waals surface area contributed by atoms with Gasteiger partial charge in [-0.25, -0.2) is 0 Å². The highest BCUT2D eigenvalue weighted by Gasteiger charge is 2.10. The molecule has 3 aromatic rings. The average Bonchev–Trinajstić information content (AvgIpc) is 2.88. The number of nitrogens with zero attached hydrogens (tertiary/aromatic N) is 1.